The van der Waals surface area contributed by atoms with Crippen LogP contribution >= 0.6 is 0 Å². The second kappa shape index (κ2) is 7.96. The van der Waals surface area contributed by atoms with E-state index in [9.17, 15) is 4.39 Å². The molecule has 4 aromatic rings. The highest BCUT2D eigenvalue weighted by molar-refractivity contribution is 5.94. The molecule has 0 saturated heterocycles. The maximum atomic E-state index is 13.0. The van der Waals surface area contributed by atoms with Crippen molar-refractivity contribution in [3.05, 3.63) is 72.3 Å². The van der Waals surface area contributed by atoms with Gasteiger partial charge in [-0.2, -0.15) is 15.0 Å². The van der Waals surface area contributed by atoms with Crippen LogP contribution in [-0.4, -0.2) is 33.6 Å². The van der Waals surface area contributed by atoms with Gasteiger partial charge in [0.1, 0.15) is 5.82 Å². The largest absolute Gasteiger partial charge is 0.467 e. The molecule has 0 unspecified atom stereocenters. The van der Waals surface area contributed by atoms with Crippen molar-refractivity contribution in [1.82, 2.24) is 19.9 Å². The molecule has 0 atom stereocenters. The molecule has 0 aliphatic rings. The summed E-state index contributed by atoms with van der Waals surface area (Å²) < 4.78 is 18.3. The predicted octanol–water partition coefficient (Wildman–Crippen LogP) is 3.89. The van der Waals surface area contributed by atoms with Crippen LogP contribution in [0.2, 0.25) is 0 Å². The fraction of sp³-hybridized carbons (Fsp3) is 0.143. The molecular weight excluding hydrogens is 357 g/mol. The summed E-state index contributed by atoms with van der Waals surface area (Å²) in [6.07, 6.45) is 4.25. The van der Waals surface area contributed by atoms with E-state index in [0.717, 1.165) is 21.9 Å². The van der Waals surface area contributed by atoms with Crippen LogP contribution in [0.5, 0.6) is 6.01 Å². The Morgan fingerprint density at radius 3 is 2.61 bits per heavy atom. The molecule has 0 bridgehead atoms. The summed E-state index contributed by atoms with van der Waals surface area (Å²) >= 11 is 0. The van der Waals surface area contributed by atoms with Gasteiger partial charge in [0.2, 0.25) is 5.95 Å². The molecule has 0 aliphatic heterocycles. The van der Waals surface area contributed by atoms with Gasteiger partial charge in [-0.15, -0.1) is 0 Å². The summed E-state index contributed by atoms with van der Waals surface area (Å²) in [5.41, 5.74) is 1.83. The molecule has 0 saturated carbocycles. The Kier molecular flexibility index (Phi) is 5.05. The van der Waals surface area contributed by atoms with E-state index >= 15 is 0 Å². The SMILES string of the molecule is COc1nc(NCCc2ccc(F)cc2)nc(-c2cncc3ccccc23)n1. The summed E-state index contributed by atoms with van der Waals surface area (Å²) in [5, 5.41) is 5.19. The van der Waals surface area contributed by atoms with Gasteiger partial charge in [0.25, 0.3) is 0 Å². The number of hydrogen-bond acceptors (Lipinski definition) is 6. The Labute approximate surface area is 161 Å². The fourth-order valence-corrected chi connectivity index (χ4v) is 2.91. The number of rotatable bonds is 6. The number of halogens is 1. The molecule has 2 heterocycles. The molecule has 4 rings (SSSR count). The number of ether oxygens (including phenoxy) is 1. The number of pyridine rings is 1. The van der Waals surface area contributed by atoms with Gasteiger partial charge in [-0.25, -0.2) is 4.39 Å². The van der Waals surface area contributed by atoms with Crippen LogP contribution in [0.1, 0.15) is 5.56 Å². The highest BCUT2D eigenvalue weighted by Crippen LogP contribution is 2.26. The number of benzene rings is 2. The summed E-state index contributed by atoms with van der Waals surface area (Å²) in [6.45, 7) is 0.589. The molecule has 1 N–H and O–H groups in total. The normalized spacial score (nSPS) is 10.8. The zero-order valence-corrected chi connectivity index (χ0v) is 15.3. The molecule has 28 heavy (non-hydrogen) atoms. The smallest absolute Gasteiger partial charge is 0.321 e. The molecule has 2 aromatic heterocycles. The average Bonchev–Trinajstić information content (AvgIpc) is 2.74. The van der Waals surface area contributed by atoms with Gasteiger partial charge in [-0.3, -0.25) is 4.98 Å². The topological polar surface area (TPSA) is 72.8 Å². The van der Waals surface area contributed by atoms with Crippen LogP contribution < -0.4 is 10.1 Å². The summed E-state index contributed by atoms with van der Waals surface area (Å²) in [6, 6.07) is 14.6. The van der Waals surface area contributed by atoms with Gasteiger partial charge in [-0.05, 0) is 29.5 Å². The van der Waals surface area contributed by atoms with Crippen molar-refractivity contribution >= 4 is 16.7 Å². The van der Waals surface area contributed by atoms with Gasteiger partial charge in [0, 0.05) is 29.9 Å². The number of nitrogens with zero attached hydrogens (tertiary/aromatic N) is 4. The van der Waals surface area contributed by atoms with Crippen molar-refractivity contribution in [3.8, 4) is 17.4 Å². The Bertz CT molecular complexity index is 1100. The molecule has 140 valence electrons. The maximum absolute atomic E-state index is 13.0. The van der Waals surface area contributed by atoms with Crippen LogP contribution in [0.15, 0.2) is 60.9 Å². The Balaban J connectivity index is 1.60. The van der Waals surface area contributed by atoms with Crippen molar-refractivity contribution in [3.63, 3.8) is 0 Å². The molecule has 7 heteroatoms. The lowest BCUT2D eigenvalue weighted by Gasteiger charge is -2.10. The van der Waals surface area contributed by atoms with E-state index in [1.54, 1.807) is 24.5 Å². The van der Waals surface area contributed by atoms with Crippen molar-refractivity contribution in [1.29, 1.82) is 0 Å². The molecular formula is C21H18FN5O. The van der Waals surface area contributed by atoms with Gasteiger partial charge < -0.3 is 10.1 Å². The minimum Gasteiger partial charge on any atom is -0.467 e. The monoisotopic (exact) mass is 375 g/mol. The number of fused-ring (bicyclic) bond motifs is 1. The highest BCUT2D eigenvalue weighted by atomic mass is 19.1. The van der Waals surface area contributed by atoms with E-state index < -0.39 is 0 Å². The van der Waals surface area contributed by atoms with E-state index in [2.05, 4.69) is 25.3 Å². The fourth-order valence-electron chi connectivity index (χ4n) is 2.91. The molecule has 6 nitrogen and oxygen atoms in total. The molecule has 0 radical (unpaired) electrons. The highest BCUT2D eigenvalue weighted by Gasteiger charge is 2.12. The van der Waals surface area contributed by atoms with E-state index in [0.29, 0.717) is 24.7 Å². The lowest BCUT2D eigenvalue weighted by molar-refractivity contribution is 0.379. The zero-order valence-electron chi connectivity index (χ0n) is 15.3. The van der Waals surface area contributed by atoms with Gasteiger partial charge in [0.05, 0.1) is 7.11 Å². The van der Waals surface area contributed by atoms with Crippen LogP contribution in [0.4, 0.5) is 10.3 Å². The summed E-state index contributed by atoms with van der Waals surface area (Å²) in [5.74, 6) is 0.657. The standard InChI is InChI=1S/C21H18FN5O/c1-28-21-26-19(18-13-23-12-15-4-2-3-5-17(15)18)25-20(27-21)24-11-10-14-6-8-16(22)9-7-14/h2-9,12-13H,10-11H2,1H3,(H,24,25,26,27). The summed E-state index contributed by atoms with van der Waals surface area (Å²) in [4.78, 5) is 17.5. The quantitative estimate of drug-likeness (QED) is 0.551. The number of aromatic nitrogens is 4. The van der Waals surface area contributed by atoms with Crippen molar-refractivity contribution < 1.29 is 9.13 Å². The second-order valence-corrected chi connectivity index (χ2v) is 6.18. The molecule has 2 aromatic carbocycles. The molecule has 0 aliphatic carbocycles. The third-order valence-corrected chi connectivity index (χ3v) is 4.32. The molecule has 0 spiro atoms. The Morgan fingerprint density at radius 2 is 1.79 bits per heavy atom. The average molecular weight is 375 g/mol. The summed E-state index contributed by atoms with van der Waals surface area (Å²) in [7, 11) is 1.52. The first-order chi connectivity index (χ1) is 13.7. The third kappa shape index (κ3) is 3.88. The van der Waals surface area contributed by atoms with Gasteiger partial charge in [-0.1, -0.05) is 36.4 Å². The van der Waals surface area contributed by atoms with Crippen LogP contribution in [0.25, 0.3) is 22.2 Å². The first kappa shape index (κ1) is 17.8. The number of nitrogens with one attached hydrogen (secondary N) is 1. The first-order valence-electron chi connectivity index (χ1n) is 8.84. The number of methoxy groups -OCH3 is 1. The number of hydrogen-bond donors (Lipinski definition) is 1. The van der Waals surface area contributed by atoms with Crippen LogP contribution in [-0.2, 0) is 6.42 Å². The molecule has 0 amide bonds. The lowest BCUT2D eigenvalue weighted by Crippen LogP contribution is -2.10. The number of anilines is 1. The predicted molar refractivity (Wildman–Crippen MR) is 106 cm³/mol. The lowest BCUT2D eigenvalue weighted by atomic mass is 10.1. The van der Waals surface area contributed by atoms with E-state index in [1.807, 2.05) is 24.3 Å². The second-order valence-electron chi connectivity index (χ2n) is 6.18. The Morgan fingerprint density at radius 1 is 0.964 bits per heavy atom. The maximum Gasteiger partial charge on any atom is 0.321 e. The van der Waals surface area contributed by atoms with E-state index in [-0.39, 0.29) is 11.8 Å². The van der Waals surface area contributed by atoms with E-state index in [1.165, 1.54) is 19.2 Å². The minimum atomic E-state index is -0.243. The minimum absolute atomic E-state index is 0.224. The van der Waals surface area contributed by atoms with Crippen molar-refractivity contribution in [2.24, 2.45) is 0 Å². The van der Waals surface area contributed by atoms with Crippen molar-refractivity contribution in [2.75, 3.05) is 19.0 Å². The Hall–Kier alpha value is -3.61. The van der Waals surface area contributed by atoms with E-state index in [4.69, 9.17) is 4.74 Å². The van der Waals surface area contributed by atoms with Crippen LogP contribution in [0, 0.1) is 5.82 Å². The van der Waals surface area contributed by atoms with Crippen LogP contribution in [0.3, 0.4) is 0 Å². The third-order valence-electron chi connectivity index (χ3n) is 4.32. The van der Waals surface area contributed by atoms with Gasteiger partial charge >= 0.3 is 6.01 Å². The zero-order chi connectivity index (χ0) is 19.3. The van der Waals surface area contributed by atoms with Gasteiger partial charge in [0.15, 0.2) is 5.82 Å². The first-order valence-corrected chi connectivity index (χ1v) is 8.84. The van der Waals surface area contributed by atoms with Crippen molar-refractivity contribution in [2.45, 2.75) is 6.42 Å². The molecule has 0 fully saturated rings.